The van der Waals surface area contributed by atoms with Crippen LogP contribution in [0.3, 0.4) is 0 Å². The van der Waals surface area contributed by atoms with Gasteiger partial charge in [-0.1, -0.05) is 54.6 Å². The number of nitrogens with one attached hydrogen (secondary N) is 3. The summed E-state index contributed by atoms with van der Waals surface area (Å²) in [5.74, 6) is 0.620. The van der Waals surface area contributed by atoms with Crippen molar-refractivity contribution < 1.29 is 0 Å². The van der Waals surface area contributed by atoms with Crippen LogP contribution in [-0.2, 0) is 19.6 Å². The molecule has 0 radical (unpaired) electrons. The zero-order chi connectivity index (χ0) is 19.7. The highest BCUT2D eigenvalue weighted by Crippen LogP contribution is 2.19. The summed E-state index contributed by atoms with van der Waals surface area (Å²) >= 11 is 0. The van der Waals surface area contributed by atoms with Crippen molar-refractivity contribution in [3.63, 3.8) is 0 Å². The predicted molar refractivity (Wildman–Crippen MR) is 115 cm³/mol. The fourth-order valence-corrected chi connectivity index (χ4v) is 3.48. The van der Waals surface area contributed by atoms with Crippen molar-refractivity contribution in [3.8, 4) is 11.4 Å². The van der Waals surface area contributed by atoms with Gasteiger partial charge in [0.2, 0.25) is 5.82 Å². The first-order valence-corrected chi connectivity index (χ1v) is 10.0. The Bertz CT molecular complexity index is 960. The van der Waals surface area contributed by atoms with E-state index in [-0.39, 0.29) is 0 Å². The number of hydrogen-bond acceptors (Lipinski definition) is 5. The van der Waals surface area contributed by atoms with Gasteiger partial charge in [0.25, 0.3) is 0 Å². The molecule has 6 heteroatoms. The molecule has 1 heterocycles. The molecule has 0 saturated carbocycles. The highest BCUT2D eigenvalue weighted by atomic mass is 15.5. The number of tetrazole rings is 1. The van der Waals surface area contributed by atoms with Crippen molar-refractivity contribution in [2.45, 2.75) is 32.5 Å². The number of aromatic amines is 1. The molecular formula is C23H26N6. The van der Waals surface area contributed by atoms with Crippen molar-refractivity contribution in [2.24, 2.45) is 0 Å². The maximum atomic E-state index is 4.14. The molecule has 0 aliphatic heterocycles. The van der Waals surface area contributed by atoms with Gasteiger partial charge in [-0.15, -0.1) is 10.2 Å². The first-order valence-electron chi connectivity index (χ1n) is 10.0. The normalized spacial score (nSPS) is 13.4. The summed E-state index contributed by atoms with van der Waals surface area (Å²) in [7, 11) is 0. The second-order valence-corrected chi connectivity index (χ2v) is 7.23. The molecule has 6 nitrogen and oxygen atoms in total. The third-order valence-corrected chi connectivity index (χ3v) is 4.89. The van der Waals surface area contributed by atoms with E-state index < -0.39 is 0 Å². The topological polar surface area (TPSA) is 78.5 Å². The second kappa shape index (κ2) is 9.91. The van der Waals surface area contributed by atoms with Gasteiger partial charge in [0.1, 0.15) is 0 Å². The van der Waals surface area contributed by atoms with Crippen LogP contribution in [0.1, 0.15) is 29.5 Å². The van der Waals surface area contributed by atoms with Gasteiger partial charge >= 0.3 is 0 Å². The van der Waals surface area contributed by atoms with E-state index in [1.165, 1.54) is 22.3 Å². The van der Waals surface area contributed by atoms with Crippen LogP contribution in [-0.4, -0.2) is 27.2 Å². The fraction of sp³-hybridized carbons (Fsp3) is 0.261. The highest BCUT2D eigenvalue weighted by molar-refractivity contribution is 5.57. The number of rotatable bonds is 9. The summed E-state index contributed by atoms with van der Waals surface area (Å²) < 4.78 is 0. The molecule has 3 N–H and O–H groups in total. The number of H-pyrrole nitrogens is 1. The summed E-state index contributed by atoms with van der Waals surface area (Å²) in [6.07, 6.45) is 9.05. The predicted octanol–water partition coefficient (Wildman–Crippen LogP) is 3.52. The lowest BCUT2D eigenvalue weighted by atomic mass is 10.0. The van der Waals surface area contributed by atoms with Crippen LogP contribution in [0.2, 0.25) is 0 Å². The molecule has 0 atom stereocenters. The van der Waals surface area contributed by atoms with Crippen LogP contribution in [0, 0.1) is 0 Å². The Morgan fingerprint density at radius 2 is 1.59 bits per heavy atom. The van der Waals surface area contributed by atoms with Crippen LogP contribution in [0.25, 0.3) is 11.4 Å². The molecule has 0 spiro atoms. The SMILES string of the molecule is C1=CC(CNCc2cc(CNCc3ccccc3)cc(-c3nn[nH]n3)c2)=CCC1. The molecule has 1 aliphatic carbocycles. The zero-order valence-electron chi connectivity index (χ0n) is 16.4. The standard InChI is InChI=1S/C23H26N6/c1-3-7-18(8-4-1)14-24-16-20-11-21(13-22(12-20)23-26-28-29-27-23)17-25-15-19-9-5-2-6-10-19/h1,3-5,7-13,24-25H,2,6,14-17H2,(H,26,27,28,29). The minimum absolute atomic E-state index is 0.620. The molecule has 2 aromatic carbocycles. The second-order valence-electron chi connectivity index (χ2n) is 7.23. The van der Waals surface area contributed by atoms with Crippen molar-refractivity contribution in [1.29, 1.82) is 0 Å². The Hall–Kier alpha value is -3.09. The molecule has 1 aliphatic rings. The van der Waals surface area contributed by atoms with Crippen LogP contribution in [0.15, 0.2) is 72.3 Å². The fourth-order valence-electron chi connectivity index (χ4n) is 3.48. The lowest BCUT2D eigenvalue weighted by Crippen LogP contribution is -2.17. The minimum Gasteiger partial charge on any atom is -0.309 e. The van der Waals surface area contributed by atoms with E-state index in [9.17, 15) is 0 Å². The Kier molecular flexibility index (Phi) is 6.57. The lowest BCUT2D eigenvalue weighted by Gasteiger charge is -2.12. The van der Waals surface area contributed by atoms with Gasteiger partial charge in [0, 0.05) is 31.7 Å². The van der Waals surface area contributed by atoms with Crippen LogP contribution < -0.4 is 10.6 Å². The van der Waals surface area contributed by atoms with Crippen molar-refractivity contribution in [1.82, 2.24) is 31.3 Å². The van der Waals surface area contributed by atoms with Gasteiger partial charge in [-0.2, -0.15) is 5.21 Å². The first-order chi connectivity index (χ1) is 14.4. The number of benzene rings is 2. The summed E-state index contributed by atoms with van der Waals surface area (Å²) in [6.45, 7) is 3.29. The molecule has 3 aromatic rings. The van der Waals surface area contributed by atoms with E-state index in [4.69, 9.17) is 0 Å². The highest BCUT2D eigenvalue weighted by Gasteiger charge is 2.08. The Labute approximate surface area is 171 Å². The molecule has 0 saturated heterocycles. The Balaban J connectivity index is 1.42. The molecule has 0 fully saturated rings. The number of hydrogen-bond donors (Lipinski definition) is 3. The summed E-state index contributed by atoms with van der Waals surface area (Å²) in [6, 6.07) is 16.9. The molecule has 0 unspecified atom stereocenters. The van der Waals surface area contributed by atoms with Gasteiger partial charge < -0.3 is 10.6 Å². The summed E-state index contributed by atoms with van der Waals surface area (Å²) in [5, 5.41) is 21.6. The van der Waals surface area contributed by atoms with Gasteiger partial charge in [0.15, 0.2) is 0 Å². The third-order valence-electron chi connectivity index (χ3n) is 4.89. The largest absolute Gasteiger partial charge is 0.309 e. The average Bonchev–Trinajstić information content (AvgIpc) is 3.30. The number of aromatic nitrogens is 4. The van der Waals surface area contributed by atoms with Crippen molar-refractivity contribution in [2.75, 3.05) is 6.54 Å². The van der Waals surface area contributed by atoms with E-state index in [0.29, 0.717) is 5.82 Å². The maximum Gasteiger partial charge on any atom is 0.204 e. The van der Waals surface area contributed by atoms with Gasteiger partial charge in [-0.05, 0) is 52.5 Å². The van der Waals surface area contributed by atoms with Crippen LogP contribution in [0.4, 0.5) is 0 Å². The molecule has 29 heavy (non-hydrogen) atoms. The van der Waals surface area contributed by atoms with E-state index >= 15 is 0 Å². The monoisotopic (exact) mass is 386 g/mol. The first kappa shape index (κ1) is 19.2. The van der Waals surface area contributed by atoms with Crippen molar-refractivity contribution >= 4 is 0 Å². The molecule has 4 rings (SSSR count). The quantitative estimate of drug-likeness (QED) is 0.524. The Morgan fingerprint density at radius 1 is 0.828 bits per heavy atom. The van der Waals surface area contributed by atoms with E-state index in [0.717, 1.165) is 44.6 Å². The Morgan fingerprint density at radius 3 is 2.28 bits per heavy atom. The van der Waals surface area contributed by atoms with Gasteiger partial charge in [0.05, 0.1) is 0 Å². The molecular weight excluding hydrogens is 360 g/mol. The molecule has 1 aromatic heterocycles. The lowest BCUT2D eigenvalue weighted by molar-refractivity contribution is 0.690. The van der Waals surface area contributed by atoms with E-state index in [2.05, 4.69) is 92.0 Å². The minimum atomic E-state index is 0.620. The molecule has 0 amide bonds. The summed E-state index contributed by atoms with van der Waals surface area (Å²) in [5.41, 5.74) is 6.03. The van der Waals surface area contributed by atoms with Crippen LogP contribution in [0.5, 0.6) is 0 Å². The summed E-state index contributed by atoms with van der Waals surface area (Å²) in [4.78, 5) is 0. The number of allylic oxidation sites excluding steroid dienone is 2. The van der Waals surface area contributed by atoms with Crippen LogP contribution >= 0.6 is 0 Å². The van der Waals surface area contributed by atoms with E-state index in [1.54, 1.807) is 0 Å². The molecule has 148 valence electrons. The van der Waals surface area contributed by atoms with Gasteiger partial charge in [-0.25, -0.2) is 0 Å². The third kappa shape index (κ3) is 5.70. The smallest absolute Gasteiger partial charge is 0.204 e. The zero-order valence-corrected chi connectivity index (χ0v) is 16.4. The van der Waals surface area contributed by atoms with E-state index in [1.807, 2.05) is 6.07 Å². The average molecular weight is 387 g/mol. The molecule has 0 bridgehead atoms. The van der Waals surface area contributed by atoms with Crippen molar-refractivity contribution in [3.05, 3.63) is 89.0 Å². The number of nitrogens with zero attached hydrogens (tertiary/aromatic N) is 3. The maximum absolute atomic E-state index is 4.14. The van der Waals surface area contributed by atoms with Gasteiger partial charge in [-0.3, -0.25) is 0 Å².